The van der Waals surface area contributed by atoms with E-state index < -0.39 is 5.91 Å². The number of amides is 1. The summed E-state index contributed by atoms with van der Waals surface area (Å²) in [6, 6.07) is 6.51. The number of hydrogen-bond acceptors (Lipinski definition) is 4. The number of methoxy groups -OCH3 is 1. The summed E-state index contributed by atoms with van der Waals surface area (Å²) in [5, 5.41) is 0. The normalized spacial score (nSPS) is 10.2. The van der Waals surface area contributed by atoms with Gasteiger partial charge in [-0.2, -0.15) is 0 Å². The van der Waals surface area contributed by atoms with E-state index in [4.69, 9.17) is 15.2 Å². The molecule has 2 N–H and O–H groups in total. The summed E-state index contributed by atoms with van der Waals surface area (Å²) in [5.41, 5.74) is 5.57. The van der Waals surface area contributed by atoms with E-state index in [-0.39, 0.29) is 0 Å². The molecule has 0 unspecified atom stereocenters. The first-order valence-electron chi connectivity index (χ1n) is 5.47. The highest BCUT2D eigenvalue weighted by Gasteiger charge is 2.10. The third-order valence-electron chi connectivity index (χ3n) is 2.39. The van der Waals surface area contributed by atoms with Crippen LogP contribution in [-0.4, -0.2) is 18.0 Å². The smallest absolute Gasteiger partial charge is 0.248 e. The van der Waals surface area contributed by atoms with Crippen LogP contribution in [0.15, 0.2) is 39.4 Å². The average Bonchev–Trinajstić information content (AvgIpc) is 2.41. The minimum absolute atomic E-state index is 0.299. The molecule has 1 heterocycles. The highest BCUT2D eigenvalue weighted by Crippen LogP contribution is 2.31. The first-order valence-corrected chi connectivity index (χ1v) is 7.06. The van der Waals surface area contributed by atoms with Crippen LogP contribution >= 0.6 is 31.9 Å². The SMILES string of the molecule is COc1cc(Oc2ncc(Br)cc2Br)cc(C(N)=O)c1. The molecular formula is C13H10Br2N2O3. The molecule has 0 aliphatic heterocycles. The summed E-state index contributed by atoms with van der Waals surface area (Å²) in [6.07, 6.45) is 1.61. The first kappa shape index (κ1) is 14.8. The van der Waals surface area contributed by atoms with Crippen LogP contribution in [0.4, 0.5) is 0 Å². The number of carbonyl (C=O) groups is 1. The number of nitrogens with zero attached hydrogens (tertiary/aromatic N) is 1. The maximum absolute atomic E-state index is 11.3. The van der Waals surface area contributed by atoms with E-state index in [0.717, 1.165) is 4.47 Å². The van der Waals surface area contributed by atoms with Gasteiger partial charge in [0.2, 0.25) is 11.8 Å². The Balaban J connectivity index is 2.37. The van der Waals surface area contributed by atoms with Crippen LogP contribution in [0.5, 0.6) is 17.4 Å². The number of pyridine rings is 1. The van der Waals surface area contributed by atoms with Crippen LogP contribution in [0.1, 0.15) is 10.4 Å². The summed E-state index contributed by atoms with van der Waals surface area (Å²) in [4.78, 5) is 15.4. The van der Waals surface area contributed by atoms with Gasteiger partial charge in [-0.3, -0.25) is 4.79 Å². The van der Waals surface area contributed by atoms with E-state index in [0.29, 0.717) is 27.4 Å². The quantitative estimate of drug-likeness (QED) is 0.850. The molecule has 0 aliphatic carbocycles. The lowest BCUT2D eigenvalue weighted by atomic mass is 10.2. The number of primary amides is 1. The van der Waals surface area contributed by atoms with Gasteiger partial charge in [0, 0.05) is 22.3 Å². The number of ether oxygens (including phenoxy) is 2. The lowest BCUT2D eigenvalue weighted by molar-refractivity contribution is 0.0999. The zero-order valence-electron chi connectivity index (χ0n) is 10.4. The molecule has 0 bridgehead atoms. The van der Waals surface area contributed by atoms with E-state index in [1.54, 1.807) is 24.4 Å². The molecule has 1 aromatic carbocycles. The van der Waals surface area contributed by atoms with Gasteiger partial charge < -0.3 is 15.2 Å². The van der Waals surface area contributed by atoms with Gasteiger partial charge in [0.1, 0.15) is 11.5 Å². The number of benzene rings is 1. The van der Waals surface area contributed by atoms with Crippen molar-refractivity contribution < 1.29 is 14.3 Å². The fraction of sp³-hybridized carbons (Fsp3) is 0.0769. The van der Waals surface area contributed by atoms with Crippen molar-refractivity contribution >= 4 is 37.8 Å². The monoisotopic (exact) mass is 400 g/mol. The number of nitrogens with two attached hydrogens (primary N) is 1. The third kappa shape index (κ3) is 3.49. The molecular weight excluding hydrogens is 392 g/mol. The molecule has 2 aromatic rings. The van der Waals surface area contributed by atoms with Gasteiger partial charge in [0.05, 0.1) is 11.6 Å². The third-order valence-corrected chi connectivity index (χ3v) is 3.39. The summed E-state index contributed by atoms with van der Waals surface area (Å²) in [5.74, 6) is 0.701. The Kier molecular flexibility index (Phi) is 4.61. The van der Waals surface area contributed by atoms with Crippen LogP contribution in [-0.2, 0) is 0 Å². The lowest BCUT2D eigenvalue weighted by Gasteiger charge is -2.09. The van der Waals surface area contributed by atoms with Crippen molar-refractivity contribution in [2.45, 2.75) is 0 Å². The van der Waals surface area contributed by atoms with Gasteiger partial charge in [-0.05, 0) is 50.1 Å². The average molecular weight is 402 g/mol. The fourth-order valence-electron chi connectivity index (χ4n) is 1.48. The molecule has 1 aromatic heterocycles. The number of carbonyl (C=O) groups excluding carboxylic acids is 1. The number of halogens is 2. The fourth-order valence-corrected chi connectivity index (χ4v) is 2.55. The van der Waals surface area contributed by atoms with Crippen molar-refractivity contribution in [3.8, 4) is 17.4 Å². The van der Waals surface area contributed by atoms with Gasteiger partial charge in [-0.15, -0.1) is 0 Å². The first-order chi connectivity index (χ1) is 9.49. The zero-order chi connectivity index (χ0) is 14.7. The Morgan fingerprint density at radius 2 is 1.90 bits per heavy atom. The van der Waals surface area contributed by atoms with Gasteiger partial charge in [-0.25, -0.2) is 4.98 Å². The Hall–Kier alpha value is -1.60. The van der Waals surface area contributed by atoms with Crippen molar-refractivity contribution in [3.63, 3.8) is 0 Å². The van der Waals surface area contributed by atoms with Gasteiger partial charge >= 0.3 is 0 Å². The summed E-state index contributed by atoms with van der Waals surface area (Å²) in [6.45, 7) is 0. The Morgan fingerprint density at radius 1 is 1.20 bits per heavy atom. The highest BCUT2D eigenvalue weighted by molar-refractivity contribution is 9.11. The molecule has 0 spiro atoms. The van der Waals surface area contributed by atoms with E-state index in [1.165, 1.54) is 13.2 Å². The predicted molar refractivity (Wildman–Crippen MR) is 81.2 cm³/mol. The molecule has 104 valence electrons. The van der Waals surface area contributed by atoms with Crippen molar-refractivity contribution in [3.05, 3.63) is 45.0 Å². The van der Waals surface area contributed by atoms with Crippen molar-refractivity contribution in [1.29, 1.82) is 0 Å². The minimum atomic E-state index is -0.559. The van der Waals surface area contributed by atoms with Gasteiger partial charge in [0.25, 0.3) is 0 Å². The van der Waals surface area contributed by atoms with E-state index in [9.17, 15) is 4.79 Å². The molecule has 0 atom stereocenters. The van der Waals surface area contributed by atoms with Crippen LogP contribution in [0.3, 0.4) is 0 Å². The molecule has 0 saturated heterocycles. The lowest BCUT2D eigenvalue weighted by Crippen LogP contribution is -2.11. The molecule has 5 nitrogen and oxygen atoms in total. The maximum atomic E-state index is 11.3. The Morgan fingerprint density at radius 3 is 2.50 bits per heavy atom. The minimum Gasteiger partial charge on any atom is -0.497 e. The zero-order valence-corrected chi connectivity index (χ0v) is 13.6. The van der Waals surface area contributed by atoms with Crippen LogP contribution in [0.2, 0.25) is 0 Å². The van der Waals surface area contributed by atoms with Crippen molar-refractivity contribution in [1.82, 2.24) is 4.98 Å². The summed E-state index contributed by atoms with van der Waals surface area (Å²) >= 11 is 6.65. The molecule has 1 amide bonds. The second kappa shape index (κ2) is 6.23. The second-order valence-corrected chi connectivity index (χ2v) is 5.57. The summed E-state index contributed by atoms with van der Waals surface area (Å²) < 4.78 is 12.2. The maximum Gasteiger partial charge on any atom is 0.248 e. The number of rotatable bonds is 4. The second-order valence-electron chi connectivity index (χ2n) is 3.80. The molecule has 0 aliphatic rings. The van der Waals surface area contributed by atoms with Crippen LogP contribution in [0, 0.1) is 0 Å². The van der Waals surface area contributed by atoms with Crippen LogP contribution < -0.4 is 15.2 Å². The largest absolute Gasteiger partial charge is 0.497 e. The van der Waals surface area contributed by atoms with E-state index in [1.807, 2.05) is 0 Å². The Bertz CT molecular complexity index is 662. The predicted octanol–water partition coefficient (Wildman–Crippen LogP) is 3.51. The summed E-state index contributed by atoms with van der Waals surface area (Å²) in [7, 11) is 1.50. The molecule has 2 rings (SSSR count). The van der Waals surface area contributed by atoms with Crippen LogP contribution in [0.25, 0.3) is 0 Å². The molecule has 0 saturated carbocycles. The molecule has 7 heteroatoms. The molecule has 0 radical (unpaired) electrons. The standard InChI is InChI=1S/C13H10Br2N2O3/c1-19-9-2-7(12(16)18)3-10(5-9)20-13-11(15)4-8(14)6-17-13/h2-6H,1H3,(H2,16,18). The van der Waals surface area contributed by atoms with Gasteiger partial charge in [-0.1, -0.05) is 0 Å². The number of hydrogen-bond donors (Lipinski definition) is 1. The number of aromatic nitrogens is 1. The molecule has 20 heavy (non-hydrogen) atoms. The van der Waals surface area contributed by atoms with E-state index in [2.05, 4.69) is 36.8 Å². The highest BCUT2D eigenvalue weighted by atomic mass is 79.9. The topological polar surface area (TPSA) is 74.4 Å². The molecule has 0 fully saturated rings. The van der Waals surface area contributed by atoms with Gasteiger partial charge in [0.15, 0.2) is 0 Å². The van der Waals surface area contributed by atoms with Crippen molar-refractivity contribution in [2.75, 3.05) is 7.11 Å². The van der Waals surface area contributed by atoms with Crippen molar-refractivity contribution in [2.24, 2.45) is 5.73 Å². The Labute approximate surface area is 132 Å². The van der Waals surface area contributed by atoms with E-state index >= 15 is 0 Å².